The molecule has 0 radical (unpaired) electrons. The summed E-state index contributed by atoms with van der Waals surface area (Å²) in [6.45, 7) is 6.73. The van der Waals surface area contributed by atoms with Gasteiger partial charge in [-0.1, -0.05) is 35.3 Å². The molecule has 1 heterocycles. The van der Waals surface area contributed by atoms with Crippen LogP contribution >= 0.6 is 23.2 Å². The van der Waals surface area contributed by atoms with Crippen molar-refractivity contribution in [3.63, 3.8) is 0 Å². The zero-order valence-corrected chi connectivity index (χ0v) is 16.8. The molecule has 0 aromatic heterocycles. The number of benzene rings is 1. The van der Waals surface area contributed by atoms with Crippen molar-refractivity contribution in [3.05, 3.63) is 51.4 Å². The Hall–Kier alpha value is -2.18. The summed E-state index contributed by atoms with van der Waals surface area (Å²) in [5.74, 6) is -2.24. The molecule has 1 aliphatic rings. The lowest BCUT2D eigenvalue weighted by molar-refractivity contribution is -0.148. The highest BCUT2D eigenvalue weighted by Gasteiger charge is 2.37. The molecule has 2 rings (SSSR count). The van der Waals surface area contributed by atoms with Crippen LogP contribution in [0.25, 0.3) is 6.08 Å². The maximum absolute atomic E-state index is 12.2. The van der Waals surface area contributed by atoms with E-state index in [4.69, 9.17) is 42.1 Å². The Kier molecular flexibility index (Phi) is 7.16. The van der Waals surface area contributed by atoms with Crippen molar-refractivity contribution in [1.82, 2.24) is 0 Å². The number of carbonyl (C=O) groups is 2. The monoisotopic (exact) mass is 414 g/mol. The molecule has 27 heavy (non-hydrogen) atoms. The van der Waals surface area contributed by atoms with Crippen molar-refractivity contribution in [3.8, 4) is 0 Å². The van der Waals surface area contributed by atoms with Gasteiger partial charge in [0.25, 0.3) is 17.8 Å². The zero-order valence-electron chi connectivity index (χ0n) is 15.3. The topological polar surface area (TPSA) is 71.1 Å². The average molecular weight is 415 g/mol. The van der Waals surface area contributed by atoms with Crippen LogP contribution in [0.1, 0.15) is 33.3 Å². The molecular formula is C19H20Cl2O6. The maximum atomic E-state index is 12.2. The molecule has 1 aliphatic heterocycles. The van der Waals surface area contributed by atoms with Crippen molar-refractivity contribution < 1.29 is 28.5 Å². The van der Waals surface area contributed by atoms with Crippen LogP contribution < -0.4 is 0 Å². The van der Waals surface area contributed by atoms with Gasteiger partial charge in [-0.25, -0.2) is 9.59 Å². The van der Waals surface area contributed by atoms with Crippen LogP contribution in [-0.2, 0) is 28.5 Å². The predicted octanol–water partition coefficient (Wildman–Crippen LogP) is 4.49. The molecular weight excluding hydrogens is 395 g/mol. The first-order valence-electron chi connectivity index (χ1n) is 8.30. The Morgan fingerprint density at radius 1 is 0.963 bits per heavy atom. The third-order valence-electron chi connectivity index (χ3n) is 3.12. The van der Waals surface area contributed by atoms with Gasteiger partial charge in [0.1, 0.15) is 0 Å². The lowest BCUT2D eigenvalue weighted by Crippen LogP contribution is -2.19. The normalized spacial score (nSPS) is 14.7. The minimum Gasteiger partial charge on any atom is -0.457 e. The number of carbonyl (C=O) groups excluding carboxylic acids is 2. The fraction of sp³-hybridized carbons (Fsp3) is 0.368. The van der Waals surface area contributed by atoms with E-state index < -0.39 is 18.2 Å². The molecule has 0 fully saturated rings. The van der Waals surface area contributed by atoms with Crippen LogP contribution in [0.3, 0.4) is 0 Å². The highest BCUT2D eigenvalue weighted by molar-refractivity contribution is 6.42. The molecule has 1 aromatic rings. The summed E-state index contributed by atoms with van der Waals surface area (Å²) in [6.07, 6.45) is 1.42. The predicted molar refractivity (Wildman–Crippen MR) is 101 cm³/mol. The first-order chi connectivity index (χ1) is 12.7. The Bertz CT molecular complexity index is 748. The summed E-state index contributed by atoms with van der Waals surface area (Å²) in [5, 5.41) is 0.828. The highest BCUT2D eigenvalue weighted by atomic mass is 35.5. The maximum Gasteiger partial charge on any atom is 0.378 e. The van der Waals surface area contributed by atoms with Crippen LogP contribution in [0.5, 0.6) is 0 Å². The Morgan fingerprint density at radius 3 is 1.93 bits per heavy atom. The standard InChI is InChI=1S/C19H20Cl2O6/c1-10(2)24-18(22)16-17(19(23)25-11(3)4)27-15(26-16)8-6-12-5-7-13(20)14(21)9-12/h5-11,15H,1-4H3/b8-6+. The Labute approximate surface area is 167 Å². The second-order valence-electron chi connectivity index (χ2n) is 6.20. The van der Waals surface area contributed by atoms with E-state index in [-0.39, 0.29) is 23.7 Å². The first kappa shape index (κ1) is 21.1. The summed E-state index contributed by atoms with van der Waals surface area (Å²) in [4.78, 5) is 24.4. The van der Waals surface area contributed by atoms with Crippen molar-refractivity contribution >= 4 is 41.2 Å². The van der Waals surface area contributed by atoms with Gasteiger partial charge >= 0.3 is 11.9 Å². The van der Waals surface area contributed by atoms with Crippen LogP contribution in [0.15, 0.2) is 35.8 Å². The summed E-state index contributed by atoms with van der Waals surface area (Å²) in [7, 11) is 0. The SMILES string of the molecule is CC(C)OC(=O)C1=C(C(=O)OC(C)C)OC(/C=C/c2ccc(Cl)c(Cl)c2)O1. The fourth-order valence-corrected chi connectivity index (χ4v) is 2.37. The third-order valence-corrected chi connectivity index (χ3v) is 3.86. The molecule has 0 spiro atoms. The van der Waals surface area contributed by atoms with E-state index in [9.17, 15) is 9.59 Å². The summed E-state index contributed by atoms with van der Waals surface area (Å²) >= 11 is 11.9. The van der Waals surface area contributed by atoms with E-state index in [2.05, 4.69) is 0 Å². The molecule has 0 unspecified atom stereocenters. The van der Waals surface area contributed by atoms with Gasteiger partial charge < -0.3 is 18.9 Å². The van der Waals surface area contributed by atoms with Gasteiger partial charge in [0.2, 0.25) is 0 Å². The number of rotatable bonds is 6. The zero-order chi connectivity index (χ0) is 20.1. The molecule has 0 aliphatic carbocycles. The lowest BCUT2D eigenvalue weighted by atomic mass is 10.2. The van der Waals surface area contributed by atoms with Gasteiger partial charge in [-0.3, -0.25) is 0 Å². The summed E-state index contributed by atoms with van der Waals surface area (Å²) < 4.78 is 21.1. The van der Waals surface area contributed by atoms with Crippen molar-refractivity contribution in [2.24, 2.45) is 0 Å². The van der Waals surface area contributed by atoms with Crippen LogP contribution in [0.2, 0.25) is 10.0 Å². The molecule has 146 valence electrons. The third kappa shape index (κ3) is 5.91. The molecule has 1 aromatic carbocycles. The second-order valence-corrected chi connectivity index (χ2v) is 7.02. The molecule has 0 saturated heterocycles. The number of hydrogen-bond donors (Lipinski definition) is 0. The van der Waals surface area contributed by atoms with Gasteiger partial charge in [-0.15, -0.1) is 0 Å². The Morgan fingerprint density at radius 2 is 1.48 bits per heavy atom. The summed E-state index contributed by atoms with van der Waals surface area (Å²) in [6, 6.07) is 5.05. The van der Waals surface area contributed by atoms with E-state index >= 15 is 0 Å². The lowest BCUT2D eigenvalue weighted by Gasteiger charge is -2.09. The van der Waals surface area contributed by atoms with Crippen LogP contribution in [0.4, 0.5) is 0 Å². The molecule has 0 amide bonds. The fourth-order valence-electron chi connectivity index (χ4n) is 2.06. The van der Waals surface area contributed by atoms with E-state index in [0.29, 0.717) is 10.0 Å². The van der Waals surface area contributed by atoms with Crippen molar-refractivity contribution in [2.75, 3.05) is 0 Å². The largest absolute Gasteiger partial charge is 0.457 e. The molecule has 0 N–H and O–H groups in total. The van der Waals surface area contributed by atoms with Crippen LogP contribution in [-0.4, -0.2) is 30.4 Å². The van der Waals surface area contributed by atoms with Crippen molar-refractivity contribution in [1.29, 1.82) is 0 Å². The average Bonchev–Trinajstić information content (AvgIpc) is 2.99. The van der Waals surface area contributed by atoms with Gasteiger partial charge in [0.15, 0.2) is 0 Å². The molecule has 0 atom stereocenters. The Balaban J connectivity index is 2.18. The van der Waals surface area contributed by atoms with Crippen molar-refractivity contribution in [2.45, 2.75) is 46.2 Å². The summed E-state index contributed by atoms with van der Waals surface area (Å²) in [5.41, 5.74) is 0.737. The van der Waals surface area contributed by atoms with E-state index in [1.807, 2.05) is 0 Å². The van der Waals surface area contributed by atoms with E-state index in [1.54, 1.807) is 52.0 Å². The second kappa shape index (κ2) is 9.15. The quantitative estimate of drug-likeness (QED) is 0.638. The molecule has 0 bridgehead atoms. The van der Waals surface area contributed by atoms with Crippen LogP contribution in [0, 0.1) is 0 Å². The minimum absolute atomic E-state index is 0.321. The van der Waals surface area contributed by atoms with E-state index in [0.717, 1.165) is 5.56 Å². The number of halogens is 2. The smallest absolute Gasteiger partial charge is 0.378 e. The molecule has 0 saturated carbocycles. The van der Waals surface area contributed by atoms with E-state index in [1.165, 1.54) is 6.08 Å². The number of hydrogen-bond acceptors (Lipinski definition) is 6. The molecule has 6 nitrogen and oxygen atoms in total. The minimum atomic E-state index is -0.996. The number of esters is 2. The van der Waals surface area contributed by atoms with Gasteiger partial charge in [-0.2, -0.15) is 0 Å². The van der Waals surface area contributed by atoms with Gasteiger partial charge in [0.05, 0.1) is 22.3 Å². The highest BCUT2D eigenvalue weighted by Crippen LogP contribution is 2.27. The molecule has 8 heteroatoms. The first-order valence-corrected chi connectivity index (χ1v) is 9.05. The van der Waals surface area contributed by atoms with Gasteiger partial charge in [-0.05, 0) is 51.5 Å². The van der Waals surface area contributed by atoms with Gasteiger partial charge in [0, 0.05) is 0 Å². The number of ether oxygens (including phenoxy) is 4.